The van der Waals surface area contributed by atoms with Gasteiger partial charge in [-0.2, -0.15) is 4.98 Å². The predicted molar refractivity (Wildman–Crippen MR) is 92.7 cm³/mol. The van der Waals surface area contributed by atoms with Crippen molar-refractivity contribution in [2.75, 3.05) is 7.05 Å². The second kappa shape index (κ2) is 7.61. The van der Waals surface area contributed by atoms with Crippen molar-refractivity contribution in [1.82, 2.24) is 25.8 Å². The Labute approximate surface area is 145 Å². The minimum Gasteiger partial charge on any atom is -0.444 e. The summed E-state index contributed by atoms with van der Waals surface area (Å²) in [6.07, 6.45) is 1.64. The normalized spacial score (nSPS) is 11.6. The molecule has 2 aromatic heterocycles. The summed E-state index contributed by atoms with van der Waals surface area (Å²) < 4.78 is 10.6. The topological polar surface area (TPSA) is 101 Å². The standard InChI is InChI=1S/C17H20N6O2/c1-11-4-6-13(7-5-11)16-22-14(10-24-16)8-19-17(18-3)20-9-15-21-12(2)23-25-15/h4-7,10H,8-9H2,1-3H3,(H2,18,19,20). The molecule has 2 heterocycles. The first kappa shape index (κ1) is 16.7. The molecule has 130 valence electrons. The number of aromatic nitrogens is 3. The molecule has 0 bridgehead atoms. The van der Waals surface area contributed by atoms with Gasteiger partial charge >= 0.3 is 0 Å². The maximum atomic E-state index is 5.54. The van der Waals surface area contributed by atoms with Gasteiger partial charge in [-0.05, 0) is 26.0 Å². The molecule has 0 unspecified atom stereocenters. The molecule has 8 heteroatoms. The van der Waals surface area contributed by atoms with Gasteiger partial charge in [0.05, 0.1) is 18.8 Å². The van der Waals surface area contributed by atoms with Crippen LogP contribution < -0.4 is 10.6 Å². The highest BCUT2D eigenvalue weighted by molar-refractivity contribution is 5.79. The van der Waals surface area contributed by atoms with Gasteiger partial charge in [0.15, 0.2) is 11.8 Å². The number of benzene rings is 1. The molecule has 1 aromatic carbocycles. The molecule has 0 radical (unpaired) electrons. The summed E-state index contributed by atoms with van der Waals surface area (Å²) >= 11 is 0. The van der Waals surface area contributed by atoms with Crippen LogP contribution in [-0.4, -0.2) is 28.1 Å². The molecule has 0 aliphatic rings. The Kier molecular flexibility index (Phi) is 5.08. The summed E-state index contributed by atoms with van der Waals surface area (Å²) in [4.78, 5) is 12.8. The lowest BCUT2D eigenvalue weighted by atomic mass is 10.1. The molecule has 8 nitrogen and oxygen atoms in total. The largest absolute Gasteiger partial charge is 0.444 e. The number of guanidine groups is 1. The second-order valence-corrected chi connectivity index (χ2v) is 5.52. The van der Waals surface area contributed by atoms with Crippen molar-refractivity contribution < 1.29 is 8.94 Å². The highest BCUT2D eigenvalue weighted by Gasteiger charge is 2.08. The first-order valence-corrected chi connectivity index (χ1v) is 7.89. The molecule has 3 aromatic rings. The van der Waals surface area contributed by atoms with E-state index in [4.69, 9.17) is 8.94 Å². The van der Waals surface area contributed by atoms with Gasteiger partial charge in [-0.25, -0.2) is 4.98 Å². The molecule has 0 fully saturated rings. The van der Waals surface area contributed by atoms with E-state index < -0.39 is 0 Å². The Morgan fingerprint density at radius 2 is 1.84 bits per heavy atom. The smallest absolute Gasteiger partial charge is 0.246 e. The molecule has 0 atom stereocenters. The number of hydrogen-bond acceptors (Lipinski definition) is 6. The predicted octanol–water partition coefficient (Wildman–Crippen LogP) is 2.21. The zero-order valence-electron chi connectivity index (χ0n) is 14.4. The Hall–Kier alpha value is -3.16. The van der Waals surface area contributed by atoms with Gasteiger partial charge in [-0.1, -0.05) is 22.9 Å². The molecule has 0 aliphatic heterocycles. The number of hydrogen-bond donors (Lipinski definition) is 2. The molecular weight excluding hydrogens is 320 g/mol. The highest BCUT2D eigenvalue weighted by atomic mass is 16.5. The fourth-order valence-corrected chi connectivity index (χ4v) is 2.18. The Bertz CT molecular complexity index is 850. The lowest BCUT2D eigenvalue weighted by molar-refractivity contribution is 0.371. The summed E-state index contributed by atoms with van der Waals surface area (Å²) in [5.41, 5.74) is 2.93. The average Bonchev–Trinajstić information content (AvgIpc) is 3.25. The summed E-state index contributed by atoms with van der Waals surface area (Å²) in [6, 6.07) is 8.04. The van der Waals surface area contributed by atoms with Crippen molar-refractivity contribution in [3.05, 3.63) is 53.5 Å². The number of rotatable bonds is 5. The SMILES string of the molecule is CN=C(NCc1coc(-c2ccc(C)cc2)n1)NCc1nc(C)no1. The van der Waals surface area contributed by atoms with Crippen molar-refractivity contribution in [2.45, 2.75) is 26.9 Å². The number of oxazole rings is 1. The Morgan fingerprint density at radius 3 is 2.52 bits per heavy atom. The number of aryl methyl sites for hydroxylation is 2. The molecular formula is C17H20N6O2. The van der Waals surface area contributed by atoms with Crippen molar-refractivity contribution in [2.24, 2.45) is 4.99 Å². The van der Waals surface area contributed by atoms with Crippen LogP contribution >= 0.6 is 0 Å². The van der Waals surface area contributed by atoms with Crippen molar-refractivity contribution in [3.8, 4) is 11.5 Å². The van der Waals surface area contributed by atoms with E-state index in [0.29, 0.717) is 36.7 Å². The summed E-state index contributed by atoms with van der Waals surface area (Å²) in [6.45, 7) is 4.70. The van der Waals surface area contributed by atoms with Crippen LogP contribution in [0.5, 0.6) is 0 Å². The maximum absolute atomic E-state index is 5.54. The van der Waals surface area contributed by atoms with E-state index in [1.807, 2.05) is 31.2 Å². The molecule has 2 N–H and O–H groups in total. The van der Waals surface area contributed by atoms with Gasteiger partial charge in [0.25, 0.3) is 0 Å². The van der Waals surface area contributed by atoms with Crippen molar-refractivity contribution in [1.29, 1.82) is 0 Å². The maximum Gasteiger partial charge on any atom is 0.246 e. The van der Waals surface area contributed by atoms with E-state index in [2.05, 4.69) is 30.8 Å². The molecule has 3 rings (SSSR count). The third-order valence-corrected chi connectivity index (χ3v) is 3.49. The van der Waals surface area contributed by atoms with Crippen molar-refractivity contribution in [3.63, 3.8) is 0 Å². The summed E-state index contributed by atoms with van der Waals surface area (Å²) in [5, 5.41) is 10.0. The van der Waals surface area contributed by atoms with Crippen LogP contribution in [0.1, 0.15) is 23.0 Å². The minimum atomic E-state index is 0.397. The quantitative estimate of drug-likeness (QED) is 0.542. The third kappa shape index (κ3) is 4.43. The number of nitrogens with zero attached hydrogens (tertiary/aromatic N) is 4. The van der Waals surface area contributed by atoms with Crippen LogP contribution in [0, 0.1) is 13.8 Å². The Morgan fingerprint density at radius 1 is 1.08 bits per heavy atom. The van der Waals surface area contributed by atoms with Gasteiger partial charge in [0.1, 0.15) is 6.26 Å². The van der Waals surface area contributed by atoms with E-state index in [1.165, 1.54) is 5.56 Å². The van der Waals surface area contributed by atoms with E-state index in [0.717, 1.165) is 11.3 Å². The third-order valence-electron chi connectivity index (χ3n) is 3.49. The highest BCUT2D eigenvalue weighted by Crippen LogP contribution is 2.18. The van der Waals surface area contributed by atoms with Crippen LogP contribution in [0.15, 0.2) is 44.5 Å². The van der Waals surface area contributed by atoms with Crippen LogP contribution in [0.4, 0.5) is 0 Å². The van der Waals surface area contributed by atoms with Gasteiger partial charge in [-0.3, -0.25) is 4.99 Å². The molecule has 0 saturated carbocycles. The molecule has 0 spiro atoms. The number of aliphatic imine (C=N–C) groups is 1. The lowest BCUT2D eigenvalue weighted by Gasteiger charge is -2.08. The lowest BCUT2D eigenvalue weighted by Crippen LogP contribution is -2.36. The molecule has 0 aliphatic carbocycles. The fraction of sp³-hybridized carbons (Fsp3) is 0.294. The molecule has 25 heavy (non-hydrogen) atoms. The molecule has 0 amide bonds. The van der Waals surface area contributed by atoms with Crippen molar-refractivity contribution >= 4 is 5.96 Å². The fourth-order valence-electron chi connectivity index (χ4n) is 2.18. The number of nitrogens with one attached hydrogen (secondary N) is 2. The van der Waals surface area contributed by atoms with E-state index in [1.54, 1.807) is 20.2 Å². The van der Waals surface area contributed by atoms with Gasteiger partial charge in [0.2, 0.25) is 11.8 Å². The Balaban J connectivity index is 1.54. The summed E-state index contributed by atoms with van der Waals surface area (Å²) in [5.74, 6) is 2.31. The van der Waals surface area contributed by atoms with E-state index in [9.17, 15) is 0 Å². The average molecular weight is 340 g/mol. The zero-order chi connectivity index (χ0) is 17.6. The van der Waals surface area contributed by atoms with Gasteiger partial charge in [-0.15, -0.1) is 0 Å². The second-order valence-electron chi connectivity index (χ2n) is 5.52. The van der Waals surface area contributed by atoms with Gasteiger partial charge < -0.3 is 19.6 Å². The van der Waals surface area contributed by atoms with Crippen LogP contribution in [0.3, 0.4) is 0 Å². The first-order valence-electron chi connectivity index (χ1n) is 7.89. The van der Waals surface area contributed by atoms with E-state index in [-0.39, 0.29) is 0 Å². The minimum absolute atomic E-state index is 0.397. The van der Waals surface area contributed by atoms with Crippen LogP contribution in [0.2, 0.25) is 0 Å². The summed E-state index contributed by atoms with van der Waals surface area (Å²) in [7, 11) is 1.69. The zero-order valence-corrected chi connectivity index (χ0v) is 14.4. The van der Waals surface area contributed by atoms with Crippen LogP contribution in [-0.2, 0) is 13.1 Å². The first-order chi connectivity index (χ1) is 12.1. The molecule has 0 saturated heterocycles. The van der Waals surface area contributed by atoms with Gasteiger partial charge in [0, 0.05) is 12.6 Å². The monoisotopic (exact) mass is 340 g/mol. The van der Waals surface area contributed by atoms with E-state index >= 15 is 0 Å². The van der Waals surface area contributed by atoms with Crippen LogP contribution in [0.25, 0.3) is 11.5 Å².